The molecular formula is C38H47N6O8+. The van der Waals surface area contributed by atoms with Gasteiger partial charge in [-0.3, -0.25) is 15.2 Å². The van der Waals surface area contributed by atoms with E-state index < -0.39 is 54.1 Å². The first-order valence-corrected chi connectivity index (χ1v) is 17.2. The van der Waals surface area contributed by atoms with E-state index in [1.54, 1.807) is 36.7 Å². The third kappa shape index (κ3) is 10.3. The number of amides is 2. The quantitative estimate of drug-likeness (QED) is 0.0989. The van der Waals surface area contributed by atoms with Crippen LogP contribution in [0, 0.1) is 22.7 Å². The highest BCUT2D eigenvalue weighted by Crippen LogP contribution is 2.33. The summed E-state index contributed by atoms with van der Waals surface area (Å²) < 4.78 is 21.8. The summed E-state index contributed by atoms with van der Waals surface area (Å²) in [4.78, 5) is 34.1. The zero-order valence-electron chi connectivity index (χ0n) is 29.8. The molecule has 0 saturated carbocycles. The van der Waals surface area contributed by atoms with Crippen molar-refractivity contribution in [1.82, 2.24) is 20.7 Å². The number of nitriles is 1. The lowest BCUT2D eigenvalue weighted by atomic mass is 9.86. The number of hydrogen-bond acceptors (Lipinski definition) is 10. The Bertz CT molecular complexity index is 1710. The summed E-state index contributed by atoms with van der Waals surface area (Å²) in [5.41, 5.74) is 6.09. The van der Waals surface area contributed by atoms with Crippen LogP contribution >= 0.6 is 0 Å². The molecule has 276 valence electrons. The molecule has 2 fully saturated rings. The number of ether oxygens (including phenoxy) is 4. The van der Waals surface area contributed by atoms with Gasteiger partial charge in [0.25, 0.3) is 5.91 Å². The summed E-state index contributed by atoms with van der Waals surface area (Å²) in [5, 5.41) is 35.8. The highest BCUT2D eigenvalue weighted by molar-refractivity contribution is 5.82. The molecule has 0 radical (unpaired) electrons. The number of aliphatic hydroxyl groups excluding tert-OH is 2. The number of methoxy groups -OCH3 is 1. The Kier molecular flexibility index (Phi) is 12.8. The topological polar surface area (TPSA) is 189 Å². The van der Waals surface area contributed by atoms with Gasteiger partial charge in [-0.25, -0.2) is 9.80 Å². The lowest BCUT2D eigenvalue weighted by Gasteiger charge is -2.32. The van der Waals surface area contributed by atoms with Gasteiger partial charge in [0, 0.05) is 30.9 Å². The number of pyridine rings is 1. The summed E-state index contributed by atoms with van der Waals surface area (Å²) in [6, 6.07) is 18.7. The number of carbonyl (C=O) groups is 2. The maximum Gasteiger partial charge on any atom is 0.545 e. The first-order chi connectivity index (χ1) is 24.9. The van der Waals surface area contributed by atoms with E-state index in [-0.39, 0.29) is 32.0 Å². The normalized spacial score (nSPS) is 20.3. The Hall–Kier alpha value is -5.07. The van der Waals surface area contributed by atoms with Gasteiger partial charge < -0.3 is 34.5 Å². The molecule has 2 saturated heterocycles. The first kappa shape index (κ1) is 38.2. The molecule has 2 aromatic carbocycles. The molecule has 14 heteroatoms. The van der Waals surface area contributed by atoms with Gasteiger partial charge in [-0.1, -0.05) is 63.2 Å². The van der Waals surface area contributed by atoms with Gasteiger partial charge >= 0.3 is 12.2 Å². The molecule has 2 amide bonds. The lowest BCUT2D eigenvalue weighted by molar-refractivity contribution is -0.523. The van der Waals surface area contributed by atoms with E-state index in [1.807, 2.05) is 57.2 Å². The number of hydrogen-bond donors (Lipinski definition) is 5. The summed E-state index contributed by atoms with van der Waals surface area (Å²) in [6.45, 7) is 6.28. The number of nitrogens with zero attached hydrogens (tertiary/aromatic N) is 3. The van der Waals surface area contributed by atoms with Crippen molar-refractivity contribution in [2.75, 3.05) is 26.9 Å². The molecule has 2 aliphatic heterocycles. The number of carbonyl (C=O) groups excluding carboxylic acids is 2. The third-order valence-corrected chi connectivity index (χ3v) is 9.14. The van der Waals surface area contributed by atoms with Gasteiger partial charge in [-0.2, -0.15) is 10.3 Å². The fourth-order valence-electron chi connectivity index (χ4n) is 6.28. The monoisotopic (exact) mass is 715 g/mol. The van der Waals surface area contributed by atoms with Crippen LogP contribution in [0.4, 0.5) is 4.79 Å². The fraction of sp³-hybridized carbons (Fsp3) is 0.447. The lowest BCUT2D eigenvalue weighted by Crippen LogP contribution is -2.87. The molecular weight excluding hydrogens is 668 g/mol. The van der Waals surface area contributed by atoms with Gasteiger partial charge in [-0.05, 0) is 53.3 Å². The largest absolute Gasteiger partial charge is 0.545 e. The number of aromatic nitrogens is 1. The molecule has 5 N–H and O–H groups in total. The minimum atomic E-state index is -1.22. The number of benzene rings is 2. The zero-order chi connectivity index (χ0) is 37.3. The maximum atomic E-state index is 13.9. The molecule has 2 aliphatic rings. The van der Waals surface area contributed by atoms with Crippen LogP contribution in [0.3, 0.4) is 0 Å². The van der Waals surface area contributed by atoms with Gasteiger partial charge in [-0.15, -0.1) is 0 Å². The number of rotatable bonds is 13. The van der Waals surface area contributed by atoms with Crippen LogP contribution in [-0.4, -0.2) is 95.7 Å². The molecule has 3 aromatic rings. The van der Waals surface area contributed by atoms with Crippen molar-refractivity contribution >= 4 is 18.1 Å². The molecule has 0 aliphatic carbocycles. The molecule has 3 heterocycles. The molecule has 5 rings (SSSR count). The van der Waals surface area contributed by atoms with Crippen molar-refractivity contribution in [3.8, 4) is 17.2 Å². The first-order valence-electron chi connectivity index (χ1n) is 17.2. The number of nitrogens with one attached hydrogen (secondary N) is 3. The van der Waals surface area contributed by atoms with Crippen molar-refractivity contribution < 1.29 is 43.7 Å². The van der Waals surface area contributed by atoms with Gasteiger partial charge in [0.2, 0.25) is 6.04 Å². The van der Waals surface area contributed by atoms with E-state index >= 15 is 0 Å². The van der Waals surface area contributed by atoms with Gasteiger partial charge in [0.05, 0.1) is 50.0 Å². The second-order valence-electron chi connectivity index (χ2n) is 14.0. The fourth-order valence-corrected chi connectivity index (χ4v) is 6.28. The van der Waals surface area contributed by atoms with Crippen molar-refractivity contribution in [2.24, 2.45) is 11.3 Å². The molecule has 6 unspecified atom stereocenters. The second kappa shape index (κ2) is 17.4. The number of hydrazine groups is 1. The Morgan fingerprint density at radius 3 is 2.48 bits per heavy atom. The minimum Gasteiger partial charge on any atom is -0.442 e. The standard InChI is InChI=1S/C38H46N6O8/c1-38(2,3)33(42-36(47)49-4)34(46)41-30(18-24-11-13-27(14-12-24)28-6-5-16-40-20-28)31(45)22-44(21-26-9-7-25(19-39)8-10-26)43-37(48)52-32-23-51-35-29(32)15-17-50-35/h5-14,16,20,29-33,35,45H,15,17-18,21-23H2,1-4H3,(H,41,46)(H,42,47)(H,43,48)/p+1. The van der Waals surface area contributed by atoms with Crippen LogP contribution in [-0.2, 0) is 36.7 Å². The molecule has 0 bridgehead atoms. The van der Waals surface area contributed by atoms with Crippen molar-refractivity contribution in [2.45, 2.75) is 70.7 Å². The van der Waals surface area contributed by atoms with Gasteiger partial charge in [0.1, 0.15) is 6.10 Å². The summed E-state index contributed by atoms with van der Waals surface area (Å²) in [5.74, 6) is -0.542. The van der Waals surface area contributed by atoms with E-state index in [0.717, 1.165) is 22.3 Å². The molecule has 52 heavy (non-hydrogen) atoms. The van der Waals surface area contributed by atoms with Crippen molar-refractivity contribution in [3.63, 3.8) is 0 Å². The summed E-state index contributed by atoms with van der Waals surface area (Å²) >= 11 is 0. The Morgan fingerprint density at radius 2 is 1.83 bits per heavy atom. The van der Waals surface area contributed by atoms with Crippen LogP contribution in [0.15, 0.2) is 73.1 Å². The van der Waals surface area contributed by atoms with E-state index in [1.165, 1.54) is 12.1 Å². The molecule has 14 nitrogen and oxygen atoms in total. The molecule has 1 aromatic heterocycles. The molecule has 0 spiro atoms. The SMILES string of the molecule is COC(O)=[NH+]C(C(=O)NC(Cc1ccc(-c2cccnc2)cc1)C(O)CN(Cc1ccc(C#N)cc1)NC(=O)OC1COC2OCCC12)C(C)(C)C. The van der Waals surface area contributed by atoms with E-state index in [0.29, 0.717) is 18.6 Å². The average molecular weight is 716 g/mol. The Labute approximate surface area is 303 Å². The predicted octanol–water partition coefficient (Wildman–Crippen LogP) is 1.97. The van der Waals surface area contributed by atoms with E-state index in [9.17, 15) is 25.1 Å². The number of aliphatic hydroxyl groups is 2. The second-order valence-corrected chi connectivity index (χ2v) is 14.0. The average Bonchev–Trinajstić information content (AvgIpc) is 3.76. The maximum absolute atomic E-state index is 13.9. The van der Waals surface area contributed by atoms with Crippen LogP contribution in [0.2, 0.25) is 0 Å². The van der Waals surface area contributed by atoms with Crippen LogP contribution in [0.1, 0.15) is 43.9 Å². The minimum absolute atomic E-state index is 0.0633. The van der Waals surface area contributed by atoms with E-state index in [2.05, 4.69) is 26.8 Å². The highest BCUT2D eigenvalue weighted by Gasteiger charge is 2.44. The summed E-state index contributed by atoms with van der Waals surface area (Å²) in [6.07, 6.45) is 1.08. The van der Waals surface area contributed by atoms with Crippen molar-refractivity contribution in [3.05, 3.63) is 89.7 Å². The van der Waals surface area contributed by atoms with Crippen LogP contribution in [0.5, 0.6) is 0 Å². The van der Waals surface area contributed by atoms with Gasteiger partial charge in [0.15, 0.2) is 6.29 Å². The Balaban J connectivity index is 1.38. The van der Waals surface area contributed by atoms with Crippen LogP contribution in [0.25, 0.3) is 11.1 Å². The molecule has 6 atom stereocenters. The smallest absolute Gasteiger partial charge is 0.442 e. The number of fused-ring (bicyclic) bond motifs is 1. The van der Waals surface area contributed by atoms with Crippen molar-refractivity contribution in [1.29, 1.82) is 5.26 Å². The zero-order valence-corrected chi connectivity index (χ0v) is 29.8. The Morgan fingerprint density at radius 1 is 1.10 bits per heavy atom. The third-order valence-electron chi connectivity index (χ3n) is 9.14. The predicted molar refractivity (Wildman–Crippen MR) is 189 cm³/mol. The highest BCUT2D eigenvalue weighted by atomic mass is 16.7. The van der Waals surface area contributed by atoms with E-state index in [4.69, 9.17) is 18.9 Å². The summed E-state index contributed by atoms with van der Waals surface area (Å²) in [7, 11) is 1.28. The van der Waals surface area contributed by atoms with Crippen LogP contribution < -0.4 is 15.7 Å².